The molecule has 31 heavy (non-hydrogen) atoms. The summed E-state index contributed by atoms with van der Waals surface area (Å²) in [6.07, 6.45) is 0. The molecule has 0 aliphatic carbocycles. The number of hydrogen-bond donors (Lipinski definition) is 2. The average molecular weight is 415 g/mol. The van der Waals surface area contributed by atoms with Gasteiger partial charge in [0.15, 0.2) is 6.54 Å². The van der Waals surface area contributed by atoms with Crippen LogP contribution in [0.2, 0.25) is 0 Å². The van der Waals surface area contributed by atoms with Gasteiger partial charge in [0.25, 0.3) is 5.91 Å². The Morgan fingerprint density at radius 1 is 0.935 bits per heavy atom. The van der Waals surface area contributed by atoms with Gasteiger partial charge in [-0.2, -0.15) is 0 Å². The van der Waals surface area contributed by atoms with Crippen molar-refractivity contribution in [3.63, 3.8) is 0 Å². The molecule has 2 amide bonds. The van der Waals surface area contributed by atoms with Gasteiger partial charge in [-0.1, -0.05) is 72.3 Å². The normalized spacial score (nSPS) is 15.7. The van der Waals surface area contributed by atoms with Crippen molar-refractivity contribution in [2.45, 2.75) is 32.4 Å². The predicted molar refractivity (Wildman–Crippen MR) is 123 cm³/mol. The van der Waals surface area contributed by atoms with E-state index in [9.17, 15) is 9.59 Å². The maximum atomic E-state index is 13.5. The number of anilines is 2. The molecule has 158 valence electrons. The van der Waals surface area contributed by atoms with E-state index < -0.39 is 5.54 Å². The Hall–Kier alpha value is -3.44. The van der Waals surface area contributed by atoms with Gasteiger partial charge in [-0.05, 0) is 32.9 Å². The number of aryl methyl sites for hydroxylation is 1. The van der Waals surface area contributed by atoms with E-state index in [4.69, 9.17) is 0 Å². The van der Waals surface area contributed by atoms with Gasteiger partial charge >= 0.3 is 0 Å². The molecule has 0 radical (unpaired) electrons. The van der Waals surface area contributed by atoms with Crippen LogP contribution in [0.15, 0.2) is 78.9 Å². The Morgan fingerprint density at radius 3 is 2.26 bits per heavy atom. The van der Waals surface area contributed by atoms with Crippen LogP contribution in [0, 0.1) is 6.92 Å². The first-order chi connectivity index (χ1) is 14.9. The number of carbonyl (C=O) groups excluding carboxylic acids is 2. The fourth-order valence-electron chi connectivity index (χ4n) is 4.11. The van der Waals surface area contributed by atoms with Gasteiger partial charge in [0, 0.05) is 11.1 Å². The summed E-state index contributed by atoms with van der Waals surface area (Å²) in [5.74, 6) is -0.280. The second-order valence-corrected chi connectivity index (χ2v) is 8.50. The standard InChI is InChI=1S/C26H27N3O2/c1-18-13-15-20(16-14-18)24(19-9-5-4-6-10-19)27-17-23(30)29-22-12-8-7-11-21(22)28-25(31)26(29,2)3/h4-16,24,27H,17H2,1-3H3,(H,28,31)/p+1/t24-/m0/s1. The number of fused-ring (bicyclic) bond motifs is 1. The van der Waals surface area contributed by atoms with Gasteiger partial charge in [0.1, 0.15) is 11.6 Å². The van der Waals surface area contributed by atoms with E-state index in [1.54, 1.807) is 18.7 Å². The lowest BCUT2D eigenvalue weighted by Gasteiger charge is -2.41. The van der Waals surface area contributed by atoms with Crippen LogP contribution in [0.5, 0.6) is 0 Å². The lowest BCUT2D eigenvalue weighted by molar-refractivity contribution is -0.676. The number of benzene rings is 3. The molecule has 0 saturated carbocycles. The van der Waals surface area contributed by atoms with Crippen LogP contribution < -0.4 is 15.5 Å². The maximum absolute atomic E-state index is 13.5. The number of nitrogens with one attached hydrogen (secondary N) is 1. The summed E-state index contributed by atoms with van der Waals surface area (Å²) in [7, 11) is 0. The molecule has 3 N–H and O–H groups in total. The molecular formula is C26H28N3O2+. The highest BCUT2D eigenvalue weighted by Gasteiger charge is 2.44. The first-order valence-electron chi connectivity index (χ1n) is 10.6. The first-order valence-corrected chi connectivity index (χ1v) is 10.6. The maximum Gasteiger partial charge on any atom is 0.283 e. The molecule has 3 aromatic rings. The van der Waals surface area contributed by atoms with Crippen LogP contribution >= 0.6 is 0 Å². The average Bonchev–Trinajstić information content (AvgIpc) is 2.76. The van der Waals surface area contributed by atoms with Crippen molar-refractivity contribution < 1.29 is 14.9 Å². The number of amides is 2. The number of rotatable bonds is 5. The summed E-state index contributed by atoms with van der Waals surface area (Å²) in [4.78, 5) is 27.8. The van der Waals surface area contributed by atoms with Crippen LogP contribution in [0.4, 0.5) is 11.4 Å². The fraction of sp³-hybridized carbons (Fsp3) is 0.231. The van der Waals surface area contributed by atoms with E-state index in [1.807, 2.05) is 47.8 Å². The number of hydrogen-bond acceptors (Lipinski definition) is 2. The minimum atomic E-state index is -0.967. The molecule has 0 fully saturated rings. The van der Waals surface area contributed by atoms with E-state index in [0.29, 0.717) is 5.69 Å². The zero-order valence-electron chi connectivity index (χ0n) is 18.1. The Bertz CT molecular complexity index is 1090. The van der Waals surface area contributed by atoms with E-state index in [2.05, 4.69) is 48.6 Å². The molecule has 0 spiro atoms. The third kappa shape index (κ3) is 4.09. The number of nitrogens with zero attached hydrogens (tertiary/aromatic N) is 1. The minimum Gasteiger partial charge on any atom is -0.328 e. The summed E-state index contributed by atoms with van der Waals surface area (Å²) < 4.78 is 0. The van der Waals surface area contributed by atoms with Crippen molar-refractivity contribution in [3.8, 4) is 0 Å². The molecule has 0 unspecified atom stereocenters. The summed E-state index contributed by atoms with van der Waals surface area (Å²) in [6.45, 7) is 5.85. The molecule has 1 aliphatic heterocycles. The molecule has 5 nitrogen and oxygen atoms in total. The third-order valence-electron chi connectivity index (χ3n) is 5.88. The first kappa shape index (κ1) is 20.8. The third-order valence-corrected chi connectivity index (χ3v) is 5.88. The van der Waals surface area contributed by atoms with Crippen molar-refractivity contribution in [1.29, 1.82) is 0 Å². The number of nitrogens with two attached hydrogens (primary N) is 1. The van der Waals surface area contributed by atoms with Gasteiger partial charge in [0.2, 0.25) is 5.91 Å². The molecule has 4 rings (SSSR count). The Balaban J connectivity index is 1.62. The van der Waals surface area contributed by atoms with Crippen LogP contribution in [-0.2, 0) is 9.59 Å². The fourth-order valence-corrected chi connectivity index (χ4v) is 4.11. The lowest BCUT2D eigenvalue weighted by Crippen LogP contribution is -2.88. The predicted octanol–water partition coefficient (Wildman–Crippen LogP) is 3.41. The highest BCUT2D eigenvalue weighted by Crippen LogP contribution is 2.36. The zero-order chi connectivity index (χ0) is 22.0. The van der Waals surface area contributed by atoms with Crippen LogP contribution in [0.25, 0.3) is 0 Å². The van der Waals surface area contributed by atoms with Crippen molar-refractivity contribution >= 4 is 23.2 Å². The van der Waals surface area contributed by atoms with Gasteiger partial charge in [0.05, 0.1) is 11.4 Å². The Labute approximate surface area is 183 Å². The van der Waals surface area contributed by atoms with E-state index in [1.165, 1.54) is 5.56 Å². The van der Waals surface area contributed by atoms with E-state index in [-0.39, 0.29) is 24.4 Å². The quantitative estimate of drug-likeness (QED) is 0.672. The molecule has 5 heteroatoms. The molecular weight excluding hydrogens is 386 g/mol. The molecule has 0 aromatic heterocycles. The SMILES string of the molecule is Cc1ccc([C@@H]([NH2+]CC(=O)N2c3ccccc3NC(=O)C2(C)C)c2ccccc2)cc1. The smallest absolute Gasteiger partial charge is 0.283 e. The van der Waals surface area contributed by atoms with Crippen molar-refractivity contribution in [2.24, 2.45) is 0 Å². The second kappa shape index (κ2) is 8.36. The summed E-state index contributed by atoms with van der Waals surface area (Å²) in [6, 6.07) is 26.0. The number of para-hydroxylation sites is 2. The number of quaternary nitrogens is 1. The van der Waals surface area contributed by atoms with Crippen LogP contribution in [0.3, 0.4) is 0 Å². The minimum absolute atomic E-state index is 0.0114. The highest BCUT2D eigenvalue weighted by atomic mass is 16.2. The van der Waals surface area contributed by atoms with Gasteiger partial charge in [-0.25, -0.2) is 0 Å². The molecule has 3 aromatic carbocycles. The second-order valence-electron chi connectivity index (χ2n) is 8.50. The molecule has 1 aliphatic rings. The summed E-state index contributed by atoms with van der Waals surface area (Å²) in [5.41, 5.74) is 3.90. The topological polar surface area (TPSA) is 66.0 Å². The van der Waals surface area contributed by atoms with Crippen molar-refractivity contribution in [3.05, 3.63) is 95.6 Å². The van der Waals surface area contributed by atoms with Gasteiger partial charge < -0.3 is 10.6 Å². The van der Waals surface area contributed by atoms with Crippen LogP contribution in [-0.4, -0.2) is 23.9 Å². The molecule has 0 saturated heterocycles. The molecule has 1 heterocycles. The summed E-state index contributed by atoms with van der Waals surface area (Å²) in [5, 5.41) is 4.96. The molecule has 1 atom stereocenters. The van der Waals surface area contributed by atoms with Crippen molar-refractivity contribution in [2.75, 3.05) is 16.8 Å². The number of carbonyl (C=O) groups is 2. The Kier molecular flexibility index (Phi) is 5.61. The highest BCUT2D eigenvalue weighted by molar-refractivity contribution is 6.14. The molecule has 0 bridgehead atoms. The van der Waals surface area contributed by atoms with Gasteiger partial charge in [-0.3, -0.25) is 14.5 Å². The Morgan fingerprint density at radius 2 is 1.55 bits per heavy atom. The largest absolute Gasteiger partial charge is 0.328 e. The van der Waals surface area contributed by atoms with E-state index >= 15 is 0 Å². The van der Waals surface area contributed by atoms with E-state index in [0.717, 1.165) is 16.8 Å². The lowest BCUT2D eigenvalue weighted by atomic mass is 9.95. The monoisotopic (exact) mass is 414 g/mol. The van der Waals surface area contributed by atoms with Gasteiger partial charge in [-0.15, -0.1) is 0 Å². The summed E-state index contributed by atoms with van der Waals surface area (Å²) >= 11 is 0. The van der Waals surface area contributed by atoms with Crippen molar-refractivity contribution in [1.82, 2.24) is 0 Å². The van der Waals surface area contributed by atoms with Crippen LogP contribution in [0.1, 0.15) is 36.6 Å². The zero-order valence-corrected chi connectivity index (χ0v) is 18.1.